The lowest BCUT2D eigenvalue weighted by molar-refractivity contribution is -0.116. The van der Waals surface area contributed by atoms with Crippen molar-refractivity contribution < 1.29 is 14.3 Å². The quantitative estimate of drug-likeness (QED) is 0.429. The van der Waals surface area contributed by atoms with Gasteiger partial charge in [0.05, 0.1) is 27.1 Å². The molecule has 2 aromatic carbocycles. The van der Waals surface area contributed by atoms with Crippen LogP contribution in [0.5, 0.6) is 11.5 Å². The lowest BCUT2D eigenvalue weighted by atomic mass is 10.2. The number of carbonyl (C=O) groups excluding carboxylic acids is 1. The first-order valence-corrected chi connectivity index (χ1v) is 10.7. The van der Waals surface area contributed by atoms with E-state index < -0.39 is 23.7 Å². The van der Waals surface area contributed by atoms with Crippen LogP contribution in [0.25, 0.3) is 11.2 Å². The average molecular weight is 463 g/mol. The van der Waals surface area contributed by atoms with Crippen molar-refractivity contribution in [3.63, 3.8) is 0 Å². The standard InChI is InChI=1S/C24H25N5O5/c1-4-27-15-25-22-21(27)23(31)29(24(32)28(22)13-16-8-6-5-7-9-16)14-20(30)26-17-10-11-18(33-2)19(12-17)34-3/h5-12,15H,4,13-14H2,1-3H3,(H,26,30). The van der Waals surface area contributed by atoms with Gasteiger partial charge in [-0.15, -0.1) is 0 Å². The summed E-state index contributed by atoms with van der Waals surface area (Å²) in [6.45, 7) is 2.13. The van der Waals surface area contributed by atoms with Crippen molar-refractivity contribution in [2.24, 2.45) is 0 Å². The zero-order valence-electron chi connectivity index (χ0n) is 19.1. The third-order valence-corrected chi connectivity index (χ3v) is 5.48. The molecule has 0 fully saturated rings. The number of anilines is 1. The van der Waals surface area contributed by atoms with Crippen LogP contribution in [0.4, 0.5) is 5.69 Å². The maximum atomic E-state index is 13.3. The molecule has 0 atom stereocenters. The Bertz CT molecular complexity index is 1450. The number of methoxy groups -OCH3 is 2. The minimum absolute atomic E-state index is 0.217. The van der Waals surface area contributed by atoms with Gasteiger partial charge in [-0.05, 0) is 24.6 Å². The molecule has 2 heterocycles. The summed E-state index contributed by atoms with van der Waals surface area (Å²) >= 11 is 0. The molecule has 0 aliphatic carbocycles. The number of imidazole rings is 1. The van der Waals surface area contributed by atoms with Crippen LogP contribution in [0.1, 0.15) is 12.5 Å². The van der Waals surface area contributed by atoms with E-state index in [1.54, 1.807) is 22.8 Å². The minimum Gasteiger partial charge on any atom is -0.493 e. The number of ether oxygens (including phenoxy) is 2. The van der Waals surface area contributed by atoms with E-state index >= 15 is 0 Å². The summed E-state index contributed by atoms with van der Waals surface area (Å²) in [5.74, 6) is 0.425. The summed E-state index contributed by atoms with van der Waals surface area (Å²) in [7, 11) is 3.00. The van der Waals surface area contributed by atoms with Crippen molar-refractivity contribution in [1.29, 1.82) is 0 Å². The number of nitrogens with one attached hydrogen (secondary N) is 1. The van der Waals surface area contributed by atoms with E-state index in [1.807, 2.05) is 37.3 Å². The van der Waals surface area contributed by atoms with E-state index in [0.717, 1.165) is 10.1 Å². The Hall–Kier alpha value is -4.34. The van der Waals surface area contributed by atoms with Crippen molar-refractivity contribution in [3.05, 3.63) is 81.3 Å². The fourth-order valence-electron chi connectivity index (χ4n) is 3.78. The normalized spacial score (nSPS) is 10.9. The Labute approximate surface area is 195 Å². The number of benzene rings is 2. The molecule has 2 aromatic heterocycles. The van der Waals surface area contributed by atoms with E-state index in [9.17, 15) is 14.4 Å². The topological polar surface area (TPSA) is 109 Å². The van der Waals surface area contributed by atoms with Gasteiger partial charge < -0.3 is 19.4 Å². The van der Waals surface area contributed by atoms with E-state index in [4.69, 9.17) is 9.47 Å². The van der Waals surface area contributed by atoms with Gasteiger partial charge in [-0.25, -0.2) is 14.3 Å². The zero-order valence-corrected chi connectivity index (χ0v) is 19.1. The molecule has 1 N–H and O–H groups in total. The SMILES string of the molecule is CCn1cnc2c1c(=O)n(CC(=O)Nc1ccc(OC)c(OC)c1)c(=O)n2Cc1ccccc1. The van der Waals surface area contributed by atoms with E-state index in [-0.39, 0.29) is 17.7 Å². The van der Waals surface area contributed by atoms with Crippen LogP contribution >= 0.6 is 0 Å². The molecule has 176 valence electrons. The highest BCUT2D eigenvalue weighted by atomic mass is 16.5. The smallest absolute Gasteiger partial charge is 0.333 e. The first-order chi connectivity index (χ1) is 16.5. The average Bonchev–Trinajstić information content (AvgIpc) is 3.29. The van der Waals surface area contributed by atoms with Crippen molar-refractivity contribution in [2.45, 2.75) is 26.6 Å². The van der Waals surface area contributed by atoms with Gasteiger partial charge in [-0.2, -0.15) is 0 Å². The van der Waals surface area contributed by atoms with Gasteiger partial charge in [0.15, 0.2) is 22.7 Å². The molecule has 1 amide bonds. The Balaban J connectivity index is 1.73. The van der Waals surface area contributed by atoms with E-state index in [2.05, 4.69) is 10.3 Å². The van der Waals surface area contributed by atoms with Gasteiger partial charge in [-0.3, -0.25) is 14.2 Å². The number of fused-ring (bicyclic) bond motifs is 1. The lowest BCUT2D eigenvalue weighted by Gasteiger charge is -2.13. The zero-order chi connectivity index (χ0) is 24.2. The number of nitrogens with zero attached hydrogens (tertiary/aromatic N) is 4. The summed E-state index contributed by atoms with van der Waals surface area (Å²) < 4.78 is 14.5. The van der Waals surface area contributed by atoms with Crippen molar-refractivity contribution in [1.82, 2.24) is 18.7 Å². The molecule has 0 aliphatic heterocycles. The second kappa shape index (κ2) is 9.65. The number of amides is 1. The van der Waals surface area contributed by atoms with E-state index in [0.29, 0.717) is 23.7 Å². The lowest BCUT2D eigenvalue weighted by Crippen LogP contribution is -2.43. The first-order valence-electron chi connectivity index (χ1n) is 10.7. The molecule has 0 saturated heterocycles. The molecule has 0 saturated carbocycles. The van der Waals surface area contributed by atoms with Crippen molar-refractivity contribution in [2.75, 3.05) is 19.5 Å². The fourth-order valence-corrected chi connectivity index (χ4v) is 3.78. The Morgan fingerprint density at radius 3 is 2.41 bits per heavy atom. The molecule has 0 bridgehead atoms. The van der Waals surface area contributed by atoms with Crippen LogP contribution in [0.2, 0.25) is 0 Å². The molecule has 10 nitrogen and oxygen atoms in total. The first kappa shape index (κ1) is 22.8. The number of carbonyl (C=O) groups is 1. The predicted molar refractivity (Wildman–Crippen MR) is 128 cm³/mol. The second-order valence-corrected chi connectivity index (χ2v) is 7.57. The largest absolute Gasteiger partial charge is 0.493 e. The number of aryl methyl sites for hydroxylation is 1. The number of rotatable bonds is 8. The van der Waals surface area contributed by atoms with Gasteiger partial charge in [0.1, 0.15) is 6.54 Å². The summed E-state index contributed by atoms with van der Waals surface area (Å²) in [4.78, 5) is 43.7. The third kappa shape index (κ3) is 4.29. The van der Waals surface area contributed by atoms with Crippen LogP contribution in [0.3, 0.4) is 0 Å². The van der Waals surface area contributed by atoms with E-state index in [1.165, 1.54) is 25.1 Å². The fraction of sp³-hybridized carbons (Fsp3) is 0.250. The predicted octanol–water partition coefficient (Wildman–Crippen LogP) is 2.08. The summed E-state index contributed by atoms with van der Waals surface area (Å²) in [6, 6.07) is 14.3. The minimum atomic E-state index is -0.606. The molecule has 10 heteroatoms. The van der Waals surface area contributed by atoms with Crippen LogP contribution in [-0.4, -0.2) is 38.8 Å². The highest BCUT2D eigenvalue weighted by molar-refractivity contribution is 5.91. The van der Waals surface area contributed by atoms with Gasteiger partial charge in [0.2, 0.25) is 5.91 Å². The monoisotopic (exact) mass is 463 g/mol. The van der Waals surface area contributed by atoms with Gasteiger partial charge in [0, 0.05) is 18.3 Å². The van der Waals surface area contributed by atoms with Gasteiger partial charge in [-0.1, -0.05) is 30.3 Å². The maximum absolute atomic E-state index is 13.3. The van der Waals surface area contributed by atoms with Crippen molar-refractivity contribution in [3.8, 4) is 11.5 Å². The van der Waals surface area contributed by atoms with Gasteiger partial charge >= 0.3 is 5.69 Å². The molecule has 0 radical (unpaired) electrons. The molecule has 0 aliphatic rings. The van der Waals surface area contributed by atoms with Crippen molar-refractivity contribution >= 4 is 22.8 Å². The summed E-state index contributed by atoms with van der Waals surface area (Å²) in [5.41, 5.74) is 0.711. The van der Waals surface area contributed by atoms with Crippen LogP contribution in [-0.2, 0) is 24.4 Å². The number of aromatic nitrogens is 4. The Morgan fingerprint density at radius 2 is 1.74 bits per heavy atom. The molecular weight excluding hydrogens is 438 g/mol. The molecular formula is C24H25N5O5. The third-order valence-electron chi connectivity index (χ3n) is 5.48. The van der Waals surface area contributed by atoms with Crippen LogP contribution in [0, 0.1) is 0 Å². The molecule has 4 rings (SSSR count). The second-order valence-electron chi connectivity index (χ2n) is 7.57. The van der Waals surface area contributed by atoms with Crippen LogP contribution in [0.15, 0.2) is 64.4 Å². The molecule has 4 aromatic rings. The number of hydrogen-bond acceptors (Lipinski definition) is 6. The molecule has 34 heavy (non-hydrogen) atoms. The molecule has 0 unspecified atom stereocenters. The maximum Gasteiger partial charge on any atom is 0.333 e. The Morgan fingerprint density at radius 1 is 1.00 bits per heavy atom. The van der Waals surface area contributed by atoms with Crippen LogP contribution < -0.4 is 26.0 Å². The highest BCUT2D eigenvalue weighted by Crippen LogP contribution is 2.29. The summed E-state index contributed by atoms with van der Waals surface area (Å²) in [5, 5.41) is 2.71. The number of hydrogen-bond donors (Lipinski definition) is 1. The molecule has 0 spiro atoms. The highest BCUT2D eigenvalue weighted by Gasteiger charge is 2.20. The van der Waals surface area contributed by atoms with Gasteiger partial charge in [0.25, 0.3) is 5.56 Å². The Kier molecular flexibility index (Phi) is 6.48. The summed E-state index contributed by atoms with van der Waals surface area (Å²) in [6.07, 6.45) is 1.53.